The summed E-state index contributed by atoms with van der Waals surface area (Å²) in [5, 5.41) is 4.71. The molecule has 1 fully saturated rings. The minimum atomic E-state index is 0.788. The third-order valence-electron chi connectivity index (χ3n) is 4.99. The zero-order valence-corrected chi connectivity index (χ0v) is 12.2. The zero-order chi connectivity index (χ0) is 13.5. The predicted molar refractivity (Wildman–Crippen MR) is 84.7 cm³/mol. The van der Waals surface area contributed by atoms with Crippen molar-refractivity contribution in [3.05, 3.63) is 29.3 Å². The van der Waals surface area contributed by atoms with Crippen LogP contribution in [0.1, 0.15) is 36.3 Å². The Morgan fingerprint density at radius 2 is 2.15 bits per heavy atom. The molecule has 4 heterocycles. The number of H-pyrrole nitrogens is 1. The molecule has 3 heteroatoms. The number of benzene rings is 1. The second-order valence-corrected chi connectivity index (χ2v) is 6.24. The first-order valence-corrected chi connectivity index (χ1v) is 7.91. The summed E-state index contributed by atoms with van der Waals surface area (Å²) in [6.45, 7) is 3.57. The lowest BCUT2D eigenvalue weighted by molar-refractivity contribution is 0.475. The summed E-state index contributed by atoms with van der Waals surface area (Å²) in [6.07, 6.45) is 5.06. The second-order valence-electron chi connectivity index (χ2n) is 6.24. The number of aromatic amines is 1. The van der Waals surface area contributed by atoms with Crippen LogP contribution >= 0.6 is 0 Å². The van der Waals surface area contributed by atoms with E-state index in [4.69, 9.17) is 0 Å². The molecular formula is C17H23N3. The zero-order valence-electron chi connectivity index (χ0n) is 12.2. The Morgan fingerprint density at radius 1 is 1.30 bits per heavy atom. The number of fused-ring (bicyclic) bond motifs is 3. The Kier molecular flexibility index (Phi) is 2.95. The highest BCUT2D eigenvalue weighted by molar-refractivity contribution is 5.91. The average molecular weight is 269 g/mol. The molecule has 1 aromatic carbocycles. The monoisotopic (exact) mass is 269 g/mol. The standard InChI is InChI=1S/C17H23N3/c1-18-8-2-3-12-4-5-15-14(11-12)16-13-6-9-20(10-7-13)17(16)19-15/h4-5,11,13,18-19H,2-3,6-10H2,1H3. The number of hydrogen-bond donors (Lipinski definition) is 2. The maximum Gasteiger partial charge on any atom is 0.110 e. The van der Waals surface area contributed by atoms with Crippen molar-refractivity contribution in [2.75, 3.05) is 31.6 Å². The summed E-state index contributed by atoms with van der Waals surface area (Å²) in [7, 11) is 2.02. The van der Waals surface area contributed by atoms with Gasteiger partial charge in [-0.25, -0.2) is 0 Å². The molecule has 1 aromatic heterocycles. The number of aryl methyl sites for hydroxylation is 1. The van der Waals surface area contributed by atoms with Crippen LogP contribution in [0.2, 0.25) is 0 Å². The van der Waals surface area contributed by atoms with Gasteiger partial charge in [-0.2, -0.15) is 0 Å². The maximum atomic E-state index is 3.66. The van der Waals surface area contributed by atoms with Crippen molar-refractivity contribution < 1.29 is 0 Å². The summed E-state index contributed by atoms with van der Waals surface area (Å²) in [6, 6.07) is 7.00. The Morgan fingerprint density at radius 3 is 2.95 bits per heavy atom. The maximum absolute atomic E-state index is 3.66. The Labute approximate surface area is 120 Å². The van der Waals surface area contributed by atoms with Crippen LogP contribution in [0.15, 0.2) is 18.2 Å². The van der Waals surface area contributed by atoms with Gasteiger partial charge in [-0.05, 0) is 62.9 Å². The van der Waals surface area contributed by atoms with E-state index >= 15 is 0 Å². The van der Waals surface area contributed by atoms with Crippen LogP contribution < -0.4 is 10.2 Å². The van der Waals surface area contributed by atoms with Gasteiger partial charge in [0.05, 0.1) is 0 Å². The summed E-state index contributed by atoms with van der Waals surface area (Å²) < 4.78 is 0. The van der Waals surface area contributed by atoms with Gasteiger partial charge < -0.3 is 15.2 Å². The van der Waals surface area contributed by atoms with Gasteiger partial charge in [-0.1, -0.05) is 6.07 Å². The molecule has 3 aliphatic rings. The molecule has 0 radical (unpaired) electrons. The first kappa shape index (κ1) is 12.3. The Bertz CT molecular complexity index is 620. The Balaban J connectivity index is 1.73. The van der Waals surface area contributed by atoms with Crippen LogP contribution in [0.4, 0.5) is 5.82 Å². The molecule has 2 aromatic rings. The lowest BCUT2D eigenvalue weighted by Crippen LogP contribution is -2.38. The van der Waals surface area contributed by atoms with Gasteiger partial charge in [-0.3, -0.25) is 0 Å². The van der Waals surface area contributed by atoms with Gasteiger partial charge in [-0.15, -0.1) is 0 Å². The molecule has 0 aliphatic carbocycles. The van der Waals surface area contributed by atoms with Crippen LogP contribution in [0.3, 0.4) is 0 Å². The fraction of sp³-hybridized carbons (Fsp3) is 0.529. The minimum absolute atomic E-state index is 0.788. The van der Waals surface area contributed by atoms with Crippen LogP contribution in [0, 0.1) is 0 Å². The molecule has 0 spiro atoms. The van der Waals surface area contributed by atoms with E-state index in [9.17, 15) is 0 Å². The molecule has 20 heavy (non-hydrogen) atoms. The number of rotatable bonds is 4. The minimum Gasteiger partial charge on any atom is -0.358 e. The van der Waals surface area contributed by atoms with Crippen molar-refractivity contribution in [1.82, 2.24) is 10.3 Å². The largest absolute Gasteiger partial charge is 0.358 e. The molecule has 0 amide bonds. The molecule has 0 saturated carbocycles. The molecular weight excluding hydrogens is 246 g/mol. The van der Waals surface area contributed by atoms with Crippen LogP contribution in [-0.2, 0) is 6.42 Å². The summed E-state index contributed by atoms with van der Waals surface area (Å²) in [5.41, 5.74) is 4.41. The van der Waals surface area contributed by atoms with Crippen molar-refractivity contribution in [3.63, 3.8) is 0 Å². The summed E-state index contributed by atoms with van der Waals surface area (Å²) >= 11 is 0. The van der Waals surface area contributed by atoms with E-state index in [0.717, 1.165) is 12.5 Å². The third-order valence-corrected chi connectivity index (χ3v) is 4.99. The van der Waals surface area contributed by atoms with Gasteiger partial charge in [0.1, 0.15) is 5.82 Å². The van der Waals surface area contributed by atoms with E-state index in [-0.39, 0.29) is 0 Å². The highest BCUT2D eigenvalue weighted by Gasteiger charge is 2.33. The molecule has 2 N–H and O–H groups in total. The molecule has 0 unspecified atom stereocenters. The SMILES string of the molecule is CNCCCc1ccc2[nH]c3c(c2c1)C1CCN3CC1. The molecule has 2 bridgehead atoms. The van der Waals surface area contributed by atoms with Crippen LogP contribution in [0.5, 0.6) is 0 Å². The van der Waals surface area contributed by atoms with Gasteiger partial charge >= 0.3 is 0 Å². The smallest absolute Gasteiger partial charge is 0.110 e. The third kappa shape index (κ3) is 1.84. The van der Waals surface area contributed by atoms with Crippen molar-refractivity contribution in [2.45, 2.75) is 31.6 Å². The number of nitrogens with zero attached hydrogens (tertiary/aromatic N) is 1. The molecule has 5 rings (SSSR count). The molecule has 3 aliphatic heterocycles. The molecule has 106 valence electrons. The number of aromatic nitrogens is 1. The van der Waals surface area contributed by atoms with E-state index in [0.29, 0.717) is 0 Å². The van der Waals surface area contributed by atoms with Gasteiger partial charge in [0, 0.05) is 29.6 Å². The number of piperidine rings is 1. The van der Waals surface area contributed by atoms with E-state index in [1.54, 1.807) is 5.56 Å². The lowest BCUT2D eigenvalue weighted by Gasteiger charge is -2.40. The van der Waals surface area contributed by atoms with Gasteiger partial charge in [0.2, 0.25) is 0 Å². The first-order chi connectivity index (χ1) is 9.86. The van der Waals surface area contributed by atoms with Gasteiger partial charge in [0.15, 0.2) is 0 Å². The fourth-order valence-electron chi connectivity index (χ4n) is 3.92. The predicted octanol–water partition coefficient (Wildman–Crippen LogP) is 3.02. The fourth-order valence-corrected chi connectivity index (χ4v) is 3.92. The number of hydrogen-bond acceptors (Lipinski definition) is 2. The van der Waals surface area contributed by atoms with Crippen LogP contribution in [-0.4, -0.2) is 31.7 Å². The van der Waals surface area contributed by atoms with Crippen molar-refractivity contribution in [2.24, 2.45) is 0 Å². The average Bonchev–Trinajstić information content (AvgIpc) is 2.89. The quantitative estimate of drug-likeness (QED) is 0.836. The van der Waals surface area contributed by atoms with E-state index in [1.807, 2.05) is 7.05 Å². The van der Waals surface area contributed by atoms with Crippen molar-refractivity contribution in [3.8, 4) is 0 Å². The van der Waals surface area contributed by atoms with Crippen molar-refractivity contribution >= 4 is 16.7 Å². The number of anilines is 1. The van der Waals surface area contributed by atoms with Crippen molar-refractivity contribution in [1.29, 1.82) is 0 Å². The highest BCUT2D eigenvalue weighted by Crippen LogP contribution is 2.45. The van der Waals surface area contributed by atoms with E-state index < -0.39 is 0 Å². The molecule has 3 nitrogen and oxygen atoms in total. The second kappa shape index (κ2) is 4.81. The molecule has 0 atom stereocenters. The summed E-state index contributed by atoms with van der Waals surface area (Å²) in [4.78, 5) is 6.19. The Hall–Kier alpha value is -1.48. The summed E-state index contributed by atoms with van der Waals surface area (Å²) in [5.74, 6) is 2.20. The number of nitrogens with one attached hydrogen (secondary N) is 2. The van der Waals surface area contributed by atoms with E-state index in [2.05, 4.69) is 33.4 Å². The van der Waals surface area contributed by atoms with Gasteiger partial charge in [0.25, 0.3) is 0 Å². The lowest BCUT2D eigenvalue weighted by atomic mass is 9.84. The van der Waals surface area contributed by atoms with Crippen LogP contribution in [0.25, 0.3) is 10.9 Å². The normalized spacial score (nSPS) is 17.9. The topological polar surface area (TPSA) is 31.1 Å². The first-order valence-electron chi connectivity index (χ1n) is 7.91. The molecule has 1 saturated heterocycles. The van der Waals surface area contributed by atoms with E-state index in [1.165, 1.54) is 61.1 Å². The highest BCUT2D eigenvalue weighted by atomic mass is 15.2.